The molecule has 1 aliphatic rings. The van der Waals surface area contributed by atoms with Gasteiger partial charge in [0.25, 0.3) is 0 Å². The molecule has 1 amide bonds. The van der Waals surface area contributed by atoms with Gasteiger partial charge in [0.05, 0.1) is 5.54 Å². The number of nitrogens with one attached hydrogen (secondary N) is 2. The molecule has 1 heterocycles. The first-order valence-electron chi connectivity index (χ1n) is 5.99. The van der Waals surface area contributed by atoms with E-state index in [-0.39, 0.29) is 11.4 Å². The minimum atomic E-state index is -0.323. The summed E-state index contributed by atoms with van der Waals surface area (Å²) in [5.74, 6) is 1.32. The first-order chi connectivity index (χ1) is 6.96. The molecule has 0 bridgehead atoms. The zero-order chi connectivity index (χ0) is 11.5. The summed E-state index contributed by atoms with van der Waals surface area (Å²) in [5.41, 5.74) is -0.323. The molecule has 3 heteroatoms. The predicted octanol–water partition coefficient (Wildman–Crippen LogP) is 1.54. The van der Waals surface area contributed by atoms with Crippen molar-refractivity contribution in [3.63, 3.8) is 0 Å². The molecule has 0 aromatic rings. The van der Waals surface area contributed by atoms with Crippen molar-refractivity contribution in [1.82, 2.24) is 10.6 Å². The zero-order valence-electron chi connectivity index (χ0n) is 10.4. The van der Waals surface area contributed by atoms with Gasteiger partial charge < -0.3 is 10.6 Å². The van der Waals surface area contributed by atoms with Crippen LogP contribution in [0.1, 0.15) is 40.5 Å². The summed E-state index contributed by atoms with van der Waals surface area (Å²) in [6.45, 7) is 10.3. The molecule has 0 saturated carbocycles. The van der Waals surface area contributed by atoms with E-state index in [1.54, 1.807) is 0 Å². The number of amides is 1. The van der Waals surface area contributed by atoms with E-state index in [0.29, 0.717) is 11.8 Å². The largest absolute Gasteiger partial charge is 0.354 e. The van der Waals surface area contributed by atoms with Gasteiger partial charge in [-0.05, 0) is 38.1 Å². The molecule has 1 aliphatic heterocycles. The van der Waals surface area contributed by atoms with Gasteiger partial charge in [-0.2, -0.15) is 0 Å². The number of hydrogen-bond acceptors (Lipinski definition) is 2. The highest BCUT2D eigenvalue weighted by molar-refractivity contribution is 5.86. The zero-order valence-corrected chi connectivity index (χ0v) is 10.4. The van der Waals surface area contributed by atoms with Gasteiger partial charge in [-0.3, -0.25) is 4.79 Å². The molecule has 0 aromatic heterocycles. The lowest BCUT2D eigenvalue weighted by Crippen LogP contribution is -2.52. The fraction of sp³-hybridized carbons (Fsp3) is 0.917. The van der Waals surface area contributed by atoms with Crippen molar-refractivity contribution in [3.8, 4) is 0 Å². The van der Waals surface area contributed by atoms with Crippen LogP contribution in [-0.2, 0) is 4.79 Å². The Morgan fingerprint density at radius 1 is 1.47 bits per heavy atom. The first-order valence-corrected chi connectivity index (χ1v) is 5.99. The van der Waals surface area contributed by atoms with Crippen LogP contribution in [0.25, 0.3) is 0 Å². The van der Waals surface area contributed by atoms with E-state index in [1.807, 2.05) is 6.92 Å². The minimum Gasteiger partial charge on any atom is -0.354 e. The average molecular weight is 212 g/mol. The Morgan fingerprint density at radius 3 is 2.60 bits per heavy atom. The molecule has 3 nitrogen and oxygen atoms in total. The summed E-state index contributed by atoms with van der Waals surface area (Å²) in [5, 5.41) is 6.32. The second-order valence-corrected chi connectivity index (χ2v) is 5.29. The van der Waals surface area contributed by atoms with Gasteiger partial charge in [-0.15, -0.1) is 0 Å². The predicted molar refractivity (Wildman–Crippen MR) is 62.7 cm³/mol. The Labute approximate surface area is 93.0 Å². The van der Waals surface area contributed by atoms with Crippen LogP contribution in [-0.4, -0.2) is 24.5 Å². The Balaban J connectivity index is 2.35. The molecule has 2 unspecified atom stereocenters. The molecule has 0 spiro atoms. The molecule has 0 radical (unpaired) electrons. The Hall–Kier alpha value is -0.570. The van der Waals surface area contributed by atoms with E-state index in [9.17, 15) is 4.79 Å². The lowest BCUT2D eigenvalue weighted by atomic mass is 9.96. The van der Waals surface area contributed by atoms with Gasteiger partial charge in [-0.25, -0.2) is 0 Å². The summed E-state index contributed by atoms with van der Waals surface area (Å²) in [6.07, 6.45) is 2.05. The van der Waals surface area contributed by atoms with Crippen LogP contribution in [0, 0.1) is 11.8 Å². The first kappa shape index (κ1) is 12.5. The van der Waals surface area contributed by atoms with Crippen molar-refractivity contribution in [1.29, 1.82) is 0 Å². The monoisotopic (exact) mass is 212 g/mol. The lowest BCUT2D eigenvalue weighted by Gasteiger charge is -2.25. The Morgan fingerprint density at radius 2 is 2.13 bits per heavy atom. The maximum absolute atomic E-state index is 11.9. The molecule has 88 valence electrons. The standard InChI is InChI=1S/C12H24N2O/c1-9(2)10(3)8-13-11(15)12(4)6-5-7-14-12/h9-10,14H,5-8H2,1-4H3,(H,13,15). The highest BCUT2D eigenvalue weighted by Crippen LogP contribution is 2.18. The van der Waals surface area contributed by atoms with Crippen molar-refractivity contribution < 1.29 is 4.79 Å². The Bertz CT molecular complexity index is 220. The molecule has 1 fully saturated rings. The van der Waals surface area contributed by atoms with Gasteiger partial charge in [0.1, 0.15) is 0 Å². The summed E-state index contributed by atoms with van der Waals surface area (Å²) >= 11 is 0. The average Bonchev–Trinajstić information content (AvgIpc) is 2.62. The number of rotatable bonds is 4. The second kappa shape index (κ2) is 4.97. The lowest BCUT2D eigenvalue weighted by molar-refractivity contribution is -0.126. The summed E-state index contributed by atoms with van der Waals surface area (Å²) < 4.78 is 0. The van der Waals surface area contributed by atoms with Gasteiger partial charge in [0, 0.05) is 6.54 Å². The fourth-order valence-electron chi connectivity index (χ4n) is 1.77. The maximum atomic E-state index is 11.9. The number of carbonyl (C=O) groups is 1. The third-order valence-corrected chi connectivity index (χ3v) is 3.59. The van der Waals surface area contributed by atoms with Crippen molar-refractivity contribution in [2.75, 3.05) is 13.1 Å². The van der Waals surface area contributed by atoms with E-state index >= 15 is 0 Å². The maximum Gasteiger partial charge on any atom is 0.240 e. The Kier molecular flexibility index (Phi) is 4.14. The molecular weight excluding hydrogens is 188 g/mol. The topological polar surface area (TPSA) is 41.1 Å². The van der Waals surface area contributed by atoms with E-state index < -0.39 is 0 Å². The molecule has 2 atom stereocenters. The highest BCUT2D eigenvalue weighted by atomic mass is 16.2. The summed E-state index contributed by atoms with van der Waals surface area (Å²) in [4.78, 5) is 11.9. The smallest absolute Gasteiger partial charge is 0.240 e. The van der Waals surface area contributed by atoms with E-state index in [2.05, 4.69) is 31.4 Å². The van der Waals surface area contributed by atoms with Crippen LogP contribution in [0.4, 0.5) is 0 Å². The van der Waals surface area contributed by atoms with Gasteiger partial charge in [0.2, 0.25) is 5.91 Å². The van der Waals surface area contributed by atoms with Gasteiger partial charge in [0.15, 0.2) is 0 Å². The SMILES string of the molecule is CC(C)C(C)CNC(=O)C1(C)CCCN1. The van der Waals surface area contributed by atoms with E-state index in [0.717, 1.165) is 25.9 Å². The van der Waals surface area contributed by atoms with Crippen molar-refractivity contribution in [2.45, 2.75) is 46.1 Å². The fourth-order valence-corrected chi connectivity index (χ4v) is 1.77. The summed E-state index contributed by atoms with van der Waals surface area (Å²) in [7, 11) is 0. The van der Waals surface area contributed by atoms with E-state index in [4.69, 9.17) is 0 Å². The van der Waals surface area contributed by atoms with Crippen molar-refractivity contribution >= 4 is 5.91 Å². The van der Waals surface area contributed by atoms with Gasteiger partial charge >= 0.3 is 0 Å². The molecule has 1 rings (SSSR count). The summed E-state index contributed by atoms with van der Waals surface area (Å²) in [6, 6.07) is 0. The van der Waals surface area contributed by atoms with Crippen molar-refractivity contribution in [3.05, 3.63) is 0 Å². The highest BCUT2D eigenvalue weighted by Gasteiger charge is 2.35. The molecule has 0 aromatic carbocycles. The van der Waals surface area contributed by atoms with Crippen LogP contribution >= 0.6 is 0 Å². The van der Waals surface area contributed by atoms with E-state index in [1.165, 1.54) is 0 Å². The minimum absolute atomic E-state index is 0.160. The molecule has 0 aliphatic carbocycles. The van der Waals surface area contributed by atoms with Crippen molar-refractivity contribution in [2.24, 2.45) is 11.8 Å². The molecule has 15 heavy (non-hydrogen) atoms. The van der Waals surface area contributed by atoms with Crippen LogP contribution in [0.15, 0.2) is 0 Å². The normalized spacial score (nSPS) is 28.1. The molecule has 1 saturated heterocycles. The van der Waals surface area contributed by atoms with Crippen LogP contribution in [0.5, 0.6) is 0 Å². The van der Waals surface area contributed by atoms with Crippen LogP contribution in [0.2, 0.25) is 0 Å². The quantitative estimate of drug-likeness (QED) is 0.742. The van der Waals surface area contributed by atoms with Gasteiger partial charge in [-0.1, -0.05) is 20.8 Å². The number of carbonyl (C=O) groups excluding carboxylic acids is 1. The number of hydrogen-bond donors (Lipinski definition) is 2. The molecular formula is C12H24N2O. The third kappa shape index (κ3) is 3.20. The van der Waals surface area contributed by atoms with Crippen LogP contribution < -0.4 is 10.6 Å². The third-order valence-electron chi connectivity index (χ3n) is 3.59. The van der Waals surface area contributed by atoms with Crippen LogP contribution in [0.3, 0.4) is 0 Å². The molecule has 2 N–H and O–H groups in total. The second-order valence-electron chi connectivity index (χ2n) is 5.29.